The lowest BCUT2D eigenvalue weighted by atomic mass is 10.1. The number of hydrogen-bond acceptors (Lipinski definition) is 5. The zero-order chi connectivity index (χ0) is 17.2. The second kappa shape index (κ2) is 6.51. The summed E-state index contributed by atoms with van der Waals surface area (Å²) in [5.74, 6) is 2.53. The van der Waals surface area contributed by atoms with E-state index in [1.165, 1.54) is 18.4 Å². The van der Waals surface area contributed by atoms with Gasteiger partial charge in [-0.1, -0.05) is 12.1 Å². The minimum Gasteiger partial charge on any atom is -0.493 e. The van der Waals surface area contributed by atoms with Gasteiger partial charge in [0.1, 0.15) is 0 Å². The monoisotopic (exact) mass is 336 g/mol. The molecule has 0 aliphatic heterocycles. The maximum atomic E-state index is 5.65. The number of benzene rings is 2. The molecule has 1 saturated carbocycles. The molecule has 0 spiro atoms. The molecule has 25 heavy (non-hydrogen) atoms. The summed E-state index contributed by atoms with van der Waals surface area (Å²) in [6.45, 7) is 0. The second-order valence-corrected chi connectivity index (χ2v) is 6.15. The Morgan fingerprint density at radius 2 is 1.76 bits per heavy atom. The van der Waals surface area contributed by atoms with Crippen molar-refractivity contribution in [3.05, 3.63) is 54.1 Å². The van der Waals surface area contributed by atoms with Crippen molar-refractivity contribution in [3.8, 4) is 17.4 Å². The van der Waals surface area contributed by atoms with Gasteiger partial charge in [-0.2, -0.15) is 0 Å². The van der Waals surface area contributed by atoms with Gasteiger partial charge in [-0.3, -0.25) is 0 Å². The van der Waals surface area contributed by atoms with Crippen LogP contribution < -0.4 is 19.8 Å². The minimum atomic E-state index is 0.497. The van der Waals surface area contributed by atoms with Gasteiger partial charge in [-0.15, -0.1) is 0 Å². The standard InChI is InChI=1S/C20H20N2O3/c1-23-18-11-15-8-9-20(21-17(15)12-19(18)24-2)25-22-16-5-3-4-14(10-16)13-6-7-13/h3-5,8-13,22H,6-7H2,1-2H3. The Bertz CT molecular complexity index is 907. The Hall–Kier alpha value is -2.95. The first-order valence-electron chi connectivity index (χ1n) is 8.32. The van der Waals surface area contributed by atoms with E-state index < -0.39 is 0 Å². The fraction of sp³-hybridized carbons (Fsp3) is 0.250. The first-order chi connectivity index (χ1) is 12.3. The van der Waals surface area contributed by atoms with Gasteiger partial charge in [-0.25, -0.2) is 10.5 Å². The number of nitrogens with zero attached hydrogens (tertiary/aromatic N) is 1. The average Bonchev–Trinajstić information content (AvgIpc) is 3.50. The third kappa shape index (κ3) is 3.31. The smallest absolute Gasteiger partial charge is 0.246 e. The molecular formula is C20H20N2O3. The van der Waals surface area contributed by atoms with Gasteiger partial charge in [0, 0.05) is 17.5 Å². The normalized spacial score (nSPS) is 13.5. The molecule has 0 saturated heterocycles. The number of anilines is 1. The molecular weight excluding hydrogens is 316 g/mol. The number of hydrogen-bond donors (Lipinski definition) is 1. The van der Waals surface area contributed by atoms with E-state index in [1.54, 1.807) is 14.2 Å². The molecule has 5 heteroatoms. The van der Waals surface area contributed by atoms with Crippen LogP contribution in [-0.2, 0) is 0 Å². The zero-order valence-electron chi connectivity index (χ0n) is 14.3. The van der Waals surface area contributed by atoms with Crippen LogP contribution in [0.1, 0.15) is 24.3 Å². The van der Waals surface area contributed by atoms with Crippen molar-refractivity contribution in [2.45, 2.75) is 18.8 Å². The molecule has 0 unspecified atom stereocenters. The van der Waals surface area contributed by atoms with Crippen molar-refractivity contribution in [1.29, 1.82) is 0 Å². The molecule has 1 fully saturated rings. The summed E-state index contributed by atoms with van der Waals surface area (Å²) in [7, 11) is 3.23. The number of rotatable bonds is 6. The first-order valence-corrected chi connectivity index (χ1v) is 8.32. The van der Waals surface area contributed by atoms with Gasteiger partial charge < -0.3 is 14.3 Å². The summed E-state index contributed by atoms with van der Waals surface area (Å²) in [6.07, 6.45) is 2.56. The summed E-state index contributed by atoms with van der Waals surface area (Å²) in [4.78, 5) is 10.2. The minimum absolute atomic E-state index is 0.497. The second-order valence-electron chi connectivity index (χ2n) is 6.15. The summed E-state index contributed by atoms with van der Waals surface area (Å²) in [6, 6.07) is 15.8. The van der Waals surface area contributed by atoms with Crippen LogP contribution in [0.15, 0.2) is 48.5 Å². The quantitative estimate of drug-likeness (QED) is 0.670. The molecule has 128 valence electrons. The van der Waals surface area contributed by atoms with Crippen molar-refractivity contribution in [2.24, 2.45) is 0 Å². The Morgan fingerprint density at radius 3 is 2.52 bits per heavy atom. The average molecular weight is 336 g/mol. The molecule has 1 N–H and O–H groups in total. The van der Waals surface area contributed by atoms with Gasteiger partial charge in [0.2, 0.25) is 5.88 Å². The van der Waals surface area contributed by atoms with E-state index in [1.807, 2.05) is 36.4 Å². The third-order valence-corrected chi connectivity index (χ3v) is 4.38. The molecule has 2 aromatic carbocycles. The molecule has 0 radical (unpaired) electrons. The van der Waals surface area contributed by atoms with Crippen molar-refractivity contribution in [3.63, 3.8) is 0 Å². The molecule has 3 aromatic rings. The van der Waals surface area contributed by atoms with Gasteiger partial charge in [0.25, 0.3) is 0 Å². The van der Waals surface area contributed by atoms with E-state index in [-0.39, 0.29) is 0 Å². The van der Waals surface area contributed by atoms with Gasteiger partial charge in [0.05, 0.1) is 25.4 Å². The summed E-state index contributed by atoms with van der Waals surface area (Å²) in [5.41, 5.74) is 6.05. The van der Waals surface area contributed by atoms with Crippen LogP contribution in [0.25, 0.3) is 10.9 Å². The number of aromatic nitrogens is 1. The number of nitrogens with one attached hydrogen (secondary N) is 1. The fourth-order valence-corrected chi connectivity index (χ4v) is 2.87. The molecule has 0 amide bonds. The molecule has 1 aliphatic carbocycles. The molecule has 0 bridgehead atoms. The predicted molar refractivity (Wildman–Crippen MR) is 97.5 cm³/mol. The summed E-state index contributed by atoms with van der Waals surface area (Å²) < 4.78 is 10.7. The molecule has 5 nitrogen and oxygen atoms in total. The van der Waals surface area contributed by atoms with E-state index in [9.17, 15) is 0 Å². The van der Waals surface area contributed by atoms with E-state index in [0.29, 0.717) is 23.3 Å². The van der Waals surface area contributed by atoms with Crippen LogP contribution in [0.3, 0.4) is 0 Å². The maximum Gasteiger partial charge on any atom is 0.246 e. The number of ether oxygens (including phenoxy) is 2. The lowest BCUT2D eigenvalue weighted by molar-refractivity contribution is 0.355. The van der Waals surface area contributed by atoms with E-state index in [4.69, 9.17) is 14.3 Å². The van der Waals surface area contributed by atoms with Crippen LogP contribution in [0.2, 0.25) is 0 Å². The maximum absolute atomic E-state index is 5.65. The molecule has 1 aromatic heterocycles. The van der Waals surface area contributed by atoms with Crippen LogP contribution >= 0.6 is 0 Å². The molecule has 1 heterocycles. The lowest BCUT2D eigenvalue weighted by Crippen LogP contribution is -2.06. The van der Waals surface area contributed by atoms with Gasteiger partial charge in [0.15, 0.2) is 11.5 Å². The van der Waals surface area contributed by atoms with E-state index in [0.717, 1.165) is 16.6 Å². The SMILES string of the molecule is COc1cc2ccc(ONc3cccc(C4CC4)c3)nc2cc1OC. The highest BCUT2D eigenvalue weighted by Gasteiger charge is 2.23. The summed E-state index contributed by atoms with van der Waals surface area (Å²) in [5, 5.41) is 0.959. The molecule has 4 rings (SSSR count). The number of methoxy groups -OCH3 is 2. The van der Waals surface area contributed by atoms with E-state index >= 15 is 0 Å². The van der Waals surface area contributed by atoms with Crippen LogP contribution in [0.5, 0.6) is 17.4 Å². The molecule has 0 atom stereocenters. The van der Waals surface area contributed by atoms with Crippen molar-refractivity contribution < 1.29 is 14.3 Å². The van der Waals surface area contributed by atoms with Crippen molar-refractivity contribution in [2.75, 3.05) is 19.7 Å². The summed E-state index contributed by atoms with van der Waals surface area (Å²) >= 11 is 0. The first kappa shape index (κ1) is 15.6. The molecule has 1 aliphatic rings. The number of pyridine rings is 1. The highest BCUT2D eigenvalue weighted by molar-refractivity contribution is 5.83. The Balaban J connectivity index is 1.54. The number of fused-ring (bicyclic) bond motifs is 1. The Morgan fingerprint density at radius 1 is 0.960 bits per heavy atom. The highest BCUT2D eigenvalue weighted by atomic mass is 16.7. The third-order valence-electron chi connectivity index (χ3n) is 4.38. The highest BCUT2D eigenvalue weighted by Crippen LogP contribution is 2.40. The zero-order valence-corrected chi connectivity index (χ0v) is 14.3. The lowest BCUT2D eigenvalue weighted by Gasteiger charge is -2.11. The fourth-order valence-electron chi connectivity index (χ4n) is 2.87. The van der Waals surface area contributed by atoms with Crippen molar-refractivity contribution >= 4 is 16.6 Å². The van der Waals surface area contributed by atoms with Gasteiger partial charge >= 0.3 is 0 Å². The van der Waals surface area contributed by atoms with Crippen LogP contribution in [-0.4, -0.2) is 19.2 Å². The largest absolute Gasteiger partial charge is 0.493 e. The Labute approximate surface area is 146 Å². The van der Waals surface area contributed by atoms with Gasteiger partial charge in [-0.05, 0) is 48.6 Å². The predicted octanol–water partition coefficient (Wildman–Crippen LogP) is 4.54. The Kier molecular flexibility index (Phi) is 4.06. The van der Waals surface area contributed by atoms with Crippen molar-refractivity contribution in [1.82, 2.24) is 4.98 Å². The van der Waals surface area contributed by atoms with E-state index in [2.05, 4.69) is 22.6 Å². The van der Waals surface area contributed by atoms with Crippen LogP contribution in [0.4, 0.5) is 5.69 Å². The van der Waals surface area contributed by atoms with Crippen LogP contribution in [0, 0.1) is 0 Å². The topological polar surface area (TPSA) is 52.6 Å².